The van der Waals surface area contributed by atoms with E-state index in [0.29, 0.717) is 55.7 Å². The maximum atomic E-state index is 13.2. The van der Waals surface area contributed by atoms with Crippen LogP contribution in [0.4, 0.5) is 15.4 Å². The number of nitriles is 1. The lowest BCUT2D eigenvalue weighted by atomic mass is 9.92. The van der Waals surface area contributed by atoms with Crippen molar-refractivity contribution in [3.8, 4) is 6.07 Å². The third kappa shape index (κ3) is 8.41. The predicted molar refractivity (Wildman–Crippen MR) is 157 cm³/mol. The molecule has 3 rings (SSSR count). The third-order valence-corrected chi connectivity index (χ3v) is 7.39. The number of amides is 3. The number of likely N-dealkylation sites (tertiary alicyclic amines) is 1. The fourth-order valence-electron chi connectivity index (χ4n) is 5.07. The first-order valence-electron chi connectivity index (χ1n) is 14.3. The van der Waals surface area contributed by atoms with Crippen LogP contribution in [0.25, 0.3) is 11.0 Å². The molecule has 3 atom stereocenters. The van der Waals surface area contributed by atoms with Crippen LogP contribution in [0.2, 0.25) is 0 Å². The van der Waals surface area contributed by atoms with Crippen LogP contribution >= 0.6 is 0 Å². The Kier molecular flexibility index (Phi) is 10.9. The van der Waals surface area contributed by atoms with Gasteiger partial charge in [0.2, 0.25) is 5.91 Å². The number of ether oxygens (including phenoxy) is 1. The molecule has 0 bridgehead atoms. The molecule has 2 aromatic rings. The molecule has 228 valence electrons. The number of alkyl carbamates (subject to hydrolysis) is 1. The summed E-state index contributed by atoms with van der Waals surface area (Å²) in [6.45, 7) is 10.4. The third-order valence-electron chi connectivity index (χ3n) is 7.39. The zero-order valence-corrected chi connectivity index (χ0v) is 25.3. The van der Waals surface area contributed by atoms with Crippen LogP contribution in [0.1, 0.15) is 66.7 Å². The van der Waals surface area contributed by atoms with E-state index < -0.39 is 23.8 Å². The molecule has 1 aliphatic heterocycles. The Labute approximate surface area is 246 Å². The Morgan fingerprint density at radius 2 is 1.98 bits per heavy atom. The number of carbonyl (C=O) groups excluding carboxylic acids is 4. The van der Waals surface area contributed by atoms with Crippen molar-refractivity contribution in [3.05, 3.63) is 18.6 Å². The number of Topliss-reactive ketones (excluding diaryl/α,β-unsaturated/α-hetero) is 1. The predicted octanol–water partition coefficient (Wildman–Crippen LogP) is 3.23. The molecule has 13 nitrogen and oxygen atoms in total. The summed E-state index contributed by atoms with van der Waals surface area (Å²) >= 11 is 0. The number of piperidine rings is 1. The average molecular weight is 583 g/mol. The first-order chi connectivity index (χ1) is 19.8. The highest BCUT2D eigenvalue weighted by Gasteiger charge is 2.33. The number of hydrogen-bond donors (Lipinski definition) is 2. The van der Waals surface area contributed by atoms with Gasteiger partial charge in [0.15, 0.2) is 11.4 Å². The SMILES string of the molecule is CC(=O)[C@H](CCCCNC(=O)OC(C)(C)C)NC(=O)n1ccc2c(N(C)[C@H]3CN(C(=O)CC#N)CC[C@H]3C)ncnc21. The van der Waals surface area contributed by atoms with E-state index in [-0.39, 0.29) is 30.1 Å². The van der Waals surface area contributed by atoms with Crippen LogP contribution in [-0.4, -0.2) is 87.6 Å². The van der Waals surface area contributed by atoms with Crippen LogP contribution in [0.15, 0.2) is 18.6 Å². The van der Waals surface area contributed by atoms with E-state index >= 15 is 0 Å². The Bertz CT molecular complexity index is 1330. The van der Waals surface area contributed by atoms with Gasteiger partial charge in [0.05, 0.1) is 23.5 Å². The highest BCUT2D eigenvalue weighted by molar-refractivity contribution is 5.96. The highest BCUT2D eigenvalue weighted by atomic mass is 16.6. The second-order valence-electron chi connectivity index (χ2n) is 11.8. The van der Waals surface area contributed by atoms with Gasteiger partial charge in [-0.25, -0.2) is 19.6 Å². The number of aromatic nitrogens is 3. The van der Waals surface area contributed by atoms with E-state index in [0.717, 1.165) is 6.42 Å². The molecule has 1 aliphatic rings. The molecule has 2 aromatic heterocycles. The summed E-state index contributed by atoms with van der Waals surface area (Å²) < 4.78 is 6.58. The van der Waals surface area contributed by atoms with Crippen molar-refractivity contribution in [2.24, 2.45) is 5.92 Å². The van der Waals surface area contributed by atoms with Gasteiger partial charge < -0.3 is 25.2 Å². The Hall–Kier alpha value is -4.21. The van der Waals surface area contributed by atoms with Gasteiger partial charge in [-0.15, -0.1) is 0 Å². The van der Waals surface area contributed by atoms with Crippen molar-refractivity contribution in [1.29, 1.82) is 5.26 Å². The van der Waals surface area contributed by atoms with Crippen molar-refractivity contribution in [3.63, 3.8) is 0 Å². The minimum absolute atomic E-state index is 0.0384. The summed E-state index contributed by atoms with van der Waals surface area (Å²) in [6, 6.07) is 2.48. The number of carbonyl (C=O) groups is 4. The molecular weight excluding hydrogens is 540 g/mol. The van der Waals surface area contributed by atoms with Gasteiger partial charge in [-0.05, 0) is 65.4 Å². The molecule has 1 fully saturated rings. The number of likely N-dealkylation sites (N-methyl/N-ethyl adjacent to an activating group) is 1. The van der Waals surface area contributed by atoms with E-state index in [1.165, 1.54) is 17.8 Å². The van der Waals surface area contributed by atoms with Gasteiger partial charge in [-0.2, -0.15) is 5.26 Å². The summed E-state index contributed by atoms with van der Waals surface area (Å²) in [5, 5.41) is 15.1. The number of fused-ring (bicyclic) bond motifs is 1. The molecule has 0 radical (unpaired) electrons. The fraction of sp³-hybridized carbons (Fsp3) is 0.621. The number of unbranched alkanes of at least 4 members (excludes halogenated alkanes) is 1. The topological polar surface area (TPSA) is 163 Å². The minimum Gasteiger partial charge on any atom is -0.444 e. The van der Waals surface area contributed by atoms with Gasteiger partial charge in [-0.1, -0.05) is 6.92 Å². The molecule has 2 N–H and O–H groups in total. The number of rotatable bonds is 10. The molecule has 0 saturated carbocycles. The summed E-state index contributed by atoms with van der Waals surface area (Å²) in [5.41, 5.74) is -0.180. The maximum absolute atomic E-state index is 13.2. The molecular formula is C29H42N8O5. The van der Waals surface area contributed by atoms with Crippen LogP contribution in [-0.2, 0) is 14.3 Å². The minimum atomic E-state index is -0.694. The molecule has 3 amide bonds. The van der Waals surface area contributed by atoms with Crippen LogP contribution < -0.4 is 15.5 Å². The molecule has 13 heteroatoms. The average Bonchev–Trinajstić information content (AvgIpc) is 3.35. The highest BCUT2D eigenvalue weighted by Crippen LogP contribution is 2.29. The first-order valence-corrected chi connectivity index (χ1v) is 14.3. The van der Waals surface area contributed by atoms with E-state index in [2.05, 4.69) is 27.5 Å². The second-order valence-corrected chi connectivity index (χ2v) is 11.8. The Morgan fingerprint density at radius 1 is 1.24 bits per heavy atom. The molecule has 0 spiro atoms. The smallest absolute Gasteiger partial charge is 0.407 e. The standard InChI is InChI=1S/C29H42N8O5/c1-19-11-15-36(24(39)10-13-30)17-23(19)35(6)25-21-12-16-37(26(21)33-18-32-25)27(40)34-22(20(2)38)9-7-8-14-31-28(41)42-29(3,4)5/h12,16,18-19,22-23H,7-11,14-15,17H2,1-6H3,(H,31,41)(H,34,40)/t19-,22+,23+/m1/s1. The van der Waals surface area contributed by atoms with Gasteiger partial charge in [0, 0.05) is 32.9 Å². The van der Waals surface area contributed by atoms with Crippen LogP contribution in [0.5, 0.6) is 0 Å². The van der Waals surface area contributed by atoms with Crippen molar-refractivity contribution in [2.45, 2.75) is 84.4 Å². The lowest BCUT2D eigenvalue weighted by molar-refractivity contribution is -0.131. The summed E-state index contributed by atoms with van der Waals surface area (Å²) in [4.78, 5) is 62.3. The quantitative estimate of drug-likeness (QED) is 0.401. The van der Waals surface area contributed by atoms with E-state index in [1.54, 1.807) is 37.9 Å². The van der Waals surface area contributed by atoms with Crippen LogP contribution in [0.3, 0.4) is 0 Å². The largest absolute Gasteiger partial charge is 0.444 e. The summed E-state index contributed by atoms with van der Waals surface area (Å²) in [7, 11) is 1.90. The number of hydrogen-bond acceptors (Lipinski definition) is 9. The molecule has 0 aromatic carbocycles. The summed E-state index contributed by atoms with van der Waals surface area (Å²) in [6.07, 6.45) is 4.79. The van der Waals surface area contributed by atoms with Crippen LogP contribution in [0, 0.1) is 17.2 Å². The van der Waals surface area contributed by atoms with E-state index in [9.17, 15) is 19.2 Å². The van der Waals surface area contributed by atoms with Gasteiger partial charge in [-0.3, -0.25) is 14.2 Å². The second kappa shape index (κ2) is 14.1. The number of nitrogens with one attached hydrogen (secondary N) is 2. The first kappa shape index (κ1) is 32.3. The number of ketones is 1. The maximum Gasteiger partial charge on any atom is 0.407 e. The zero-order chi connectivity index (χ0) is 31.0. The van der Waals surface area contributed by atoms with Crippen molar-refractivity contribution in [1.82, 2.24) is 30.1 Å². The van der Waals surface area contributed by atoms with Crippen molar-refractivity contribution < 1.29 is 23.9 Å². The van der Waals surface area contributed by atoms with Gasteiger partial charge in [0.1, 0.15) is 24.2 Å². The molecule has 0 unspecified atom stereocenters. The Morgan fingerprint density at radius 3 is 2.64 bits per heavy atom. The molecule has 1 saturated heterocycles. The summed E-state index contributed by atoms with van der Waals surface area (Å²) in [5.74, 6) is 0.542. The number of nitrogens with zero attached hydrogens (tertiary/aromatic N) is 6. The Balaban J connectivity index is 1.66. The van der Waals surface area contributed by atoms with Gasteiger partial charge in [0.25, 0.3) is 0 Å². The molecule has 42 heavy (non-hydrogen) atoms. The molecule has 3 heterocycles. The van der Waals surface area contributed by atoms with E-state index in [4.69, 9.17) is 10.00 Å². The number of anilines is 1. The lowest BCUT2D eigenvalue weighted by Crippen LogP contribution is -2.52. The normalized spacial score (nSPS) is 17.7. The lowest BCUT2D eigenvalue weighted by Gasteiger charge is -2.42. The van der Waals surface area contributed by atoms with Crippen molar-refractivity contribution in [2.75, 3.05) is 31.6 Å². The zero-order valence-electron chi connectivity index (χ0n) is 25.3. The van der Waals surface area contributed by atoms with Gasteiger partial charge >= 0.3 is 12.1 Å². The monoisotopic (exact) mass is 582 g/mol. The molecule has 0 aliphatic carbocycles. The fourth-order valence-corrected chi connectivity index (χ4v) is 5.07. The van der Waals surface area contributed by atoms with Crippen molar-refractivity contribution >= 4 is 40.7 Å². The van der Waals surface area contributed by atoms with E-state index in [1.807, 2.05) is 18.0 Å².